The van der Waals surface area contributed by atoms with Gasteiger partial charge >= 0.3 is 5.97 Å². The van der Waals surface area contributed by atoms with Gasteiger partial charge in [0.15, 0.2) is 0 Å². The molecule has 4 rings (SSSR count). The number of hydrogen-bond donors (Lipinski definition) is 2. The van der Waals surface area contributed by atoms with Crippen LogP contribution in [0, 0.1) is 11.3 Å². The Morgan fingerprint density at radius 1 is 1.24 bits per heavy atom. The molecular formula is C23H18N4O5S2. The van der Waals surface area contributed by atoms with E-state index in [4.69, 9.17) is 10.5 Å². The normalized spacial score (nSPS) is 15.5. The molecule has 0 unspecified atom stereocenters. The van der Waals surface area contributed by atoms with E-state index < -0.39 is 23.4 Å². The van der Waals surface area contributed by atoms with E-state index in [2.05, 4.69) is 16.1 Å². The Morgan fingerprint density at radius 2 is 1.97 bits per heavy atom. The molecule has 3 heterocycles. The maximum absolute atomic E-state index is 13.6. The number of carbonyl (C=O) groups excluding carboxylic acids is 2. The van der Waals surface area contributed by atoms with Gasteiger partial charge in [0.1, 0.15) is 20.8 Å². The molecule has 0 saturated heterocycles. The van der Waals surface area contributed by atoms with E-state index in [1.807, 2.05) is 5.38 Å². The number of thiazole rings is 1. The first-order valence-corrected chi connectivity index (χ1v) is 11.5. The van der Waals surface area contributed by atoms with Gasteiger partial charge in [0.25, 0.3) is 11.5 Å². The van der Waals surface area contributed by atoms with E-state index >= 15 is 0 Å². The maximum Gasteiger partial charge on any atom is 0.332 e. The van der Waals surface area contributed by atoms with Crippen LogP contribution in [0.3, 0.4) is 0 Å². The van der Waals surface area contributed by atoms with Gasteiger partial charge in [-0.15, -0.1) is 22.7 Å². The molecule has 11 heteroatoms. The summed E-state index contributed by atoms with van der Waals surface area (Å²) in [5, 5.41) is 14.6. The Hall–Kier alpha value is -4.14. The third-order valence-corrected chi connectivity index (χ3v) is 7.18. The highest BCUT2D eigenvalue weighted by molar-refractivity contribution is 7.10. The van der Waals surface area contributed by atoms with Crippen molar-refractivity contribution >= 4 is 57.7 Å². The SMILES string of the molecule is COC(=O)/C=c1\sc2n(c1=O)C(N)=C(C#N)[C@H](c1cccs1)C=2C(=O)Nc1ccc(OC)cc1. The second kappa shape index (κ2) is 9.38. The third kappa shape index (κ3) is 4.00. The maximum atomic E-state index is 13.6. The molecule has 1 amide bonds. The van der Waals surface area contributed by atoms with Crippen molar-refractivity contribution in [2.24, 2.45) is 5.73 Å². The number of hydrogen-bond acceptors (Lipinski definition) is 9. The number of carbonyl (C=O) groups is 2. The van der Waals surface area contributed by atoms with Crippen LogP contribution in [0.15, 0.2) is 52.1 Å². The van der Waals surface area contributed by atoms with Crippen LogP contribution in [-0.4, -0.2) is 30.7 Å². The fourth-order valence-corrected chi connectivity index (χ4v) is 5.52. The third-order valence-electron chi connectivity index (χ3n) is 5.14. The van der Waals surface area contributed by atoms with Crippen molar-refractivity contribution in [3.63, 3.8) is 0 Å². The zero-order valence-corrected chi connectivity index (χ0v) is 19.7. The Bertz CT molecular complexity index is 1520. The standard InChI is InChI=1S/C23H18N4O5S2/c1-31-13-7-5-12(6-8-13)26-21(29)19-18(15-4-3-9-33-15)14(11-24)20(25)27-22(30)16(34-23(19)27)10-17(28)32-2/h3-10,18H,25H2,1-2H3,(H,26,29)/b16-10-/t18-/m1/s1. The van der Waals surface area contributed by atoms with Crippen LogP contribution in [0.4, 0.5) is 5.69 Å². The molecule has 172 valence electrons. The van der Waals surface area contributed by atoms with Gasteiger partial charge in [0.2, 0.25) is 0 Å². The lowest BCUT2D eigenvalue weighted by atomic mass is 9.88. The molecule has 1 atom stereocenters. The van der Waals surface area contributed by atoms with E-state index in [1.54, 1.807) is 36.4 Å². The topological polar surface area (TPSA) is 136 Å². The van der Waals surface area contributed by atoms with Crippen molar-refractivity contribution in [1.29, 1.82) is 5.26 Å². The summed E-state index contributed by atoms with van der Waals surface area (Å²) in [6.45, 7) is 0. The summed E-state index contributed by atoms with van der Waals surface area (Å²) in [6, 6.07) is 12.4. The van der Waals surface area contributed by atoms with Gasteiger partial charge in [-0.25, -0.2) is 4.79 Å². The first kappa shape index (κ1) is 23.0. The van der Waals surface area contributed by atoms with Gasteiger partial charge in [0.05, 0.1) is 37.4 Å². The zero-order chi connectivity index (χ0) is 24.4. The number of aromatic nitrogens is 1. The molecular weight excluding hydrogens is 476 g/mol. The average Bonchev–Trinajstić information content (AvgIpc) is 3.48. The van der Waals surface area contributed by atoms with Crippen LogP contribution in [0.2, 0.25) is 0 Å². The van der Waals surface area contributed by atoms with Gasteiger partial charge in [-0.2, -0.15) is 5.26 Å². The number of nitriles is 1. The lowest BCUT2D eigenvalue weighted by molar-refractivity contribution is -0.133. The van der Waals surface area contributed by atoms with E-state index in [9.17, 15) is 19.6 Å². The number of allylic oxidation sites excluding steroid dienone is 1. The van der Waals surface area contributed by atoms with Crippen molar-refractivity contribution < 1.29 is 19.1 Å². The van der Waals surface area contributed by atoms with Crippen LogP contribution in [0.5, 0.6) is 5.75 Å². The van der Waals surface area contributed by atoms with E-state index in [0.717, 1.165) is 22.0 Å². The van der Waals surface area contributed by atoms with Crippen LogP contribution < -0.4 is 30.5 Å². The van der Waals surface area contributed by atoms with E-state index in [0.29, 0.717) is 16.3 Å². The number of fused-ring (bicyclic) bond motifs is 1. The number of methoxy groups -OCH3 is 2. The van der Waals surface area contributed by atoms with E-state index in [-0.39, 0.29) is 26.2 Å². The average molecular weight is 495 g/mol. The highest BCUT2D eigenvalue weighted by Gasteiger charge is 2.36. The molecule has 0 saturated carbocycles. The molecule has 2 aromatic heterocycles. The summed E-state index contributed by atoms with van der Waals surface area (Å²) in [4.78, 5) is 39.2. The minimum atomic E-state index is -0.785. The first-order chi connectivity index (χ1) is 16.4. The lowest BCUT2D eigenvalue weighted by Gasteiger charge is -2.24. The molecule has 9 nitrogen and oxygen atoms in total. The minimum absolute atomic E-state index is 0.0312. The highest BCUT2D eigenvalue weighted by Crippen LogP contribution is 2.38. The van der Waals surface area contributed by atoms with Crippen LogP contribution >= 0.6 is 22.7 Å². The van der Waals surface area contributed by atoms with Crippen molar-refractivity contribution in [3.05, 3.63) is 71.8 Å². The Balaban J connectivity index is 1.99. The number of thiophene rings is 1. The summed E-state index contributed by atoms with van der Waals surface area (Å²) in [5.41, 5.74) is 6.39. The number of benzene rings is 1. The Kier molecular flexibility index (Phi) is 6.36. The molecule has 3 N–H and O–H groups in total. The molecule has 0 spiro atoms. The highest BCUT2D eigenvalue weighted by atomic mass is 32.1. The van der Waals surface area contributed by atoms with Crippen molar-refractivity contribution in [2.75, 3.05) is 19.5 Å². The number of esters is 1. The summed E-state index contributed by atoms with van der Waals surface area (Å²) in [7, 11) is 2.73. The number of anilines is 1. The summed E-state index contributed by atoms with van der Waals surface area (Å²) >= 11 is 2.29. The Morgan fingerprint density at radius 3 is 2.56 bits per heavy atom. The number of nitrogens with zero attached hydrogens (tertiary/aromatic N) is 2. The van der Waals surface area contributed by atoms with Crippen molar-refractivity contribution in [3.8, 4) is 11.8 Å². The van der Waals surface area contributed by atoms with Crippen LogP contribution in [0.1, 0.15) is 10.8 Å². The summed E-state index contributed by atoms with van der Waals surface area (Å²) in [5.74, 6) is -1.48. The Labute approximate surface area is 201 Å². The molecule has 0 bridgehead atoms. The van der Waals surface area contributed by atoms with Gasteiger partial charge in [-0.05, 0) is 35.7 Å². The quantitative estimate of drug-likeness (QED) is 0.508. The number of ether oxygens (including phenoxy) is 2. The van der Waals surface area contributed by atoms with Crippen LogP contribution in [-0.2, 0) is 14.3 Å². The lowest BCUT2D eigenvalue weighted by Crippen LogP contribution is -2.40. The molecule has 1 aromatic carbocycles. The second-order valence-corrected chi connectivity index (χ2v) is 9.04. The molecule has 34 heavy (non-hydrogen) atoms. The van der Waals surface area contributed by atoms with Gasteiger partial charge < -0.3 is 20.5 Å². The fourth-order valence-electron chi connectivity index (χ4n) is 3.55. The molecule has 3 aromatic rings. The van der Waals surface area contributed by atoms with Crippen molar-refractivity contribution in [1.82, 2.24) is 4.57 Å². The predicted octanol–water partition coefficient (Wildman–Crippen LogP) is 1.17. The predicted molar refractivity (Wildman–Crippen MR) is 129 cm³/mol. The molecule has 0 radical (unpaired) electrons. The molecule has 1 aliphatic rings. The van der Waals surface area contributed by atoms with Gasteiger partial charge in [-0.1, -0.05) is 6.07 Å². The van der Waals surface area contributed by atoms with Gasteiger partial charge in [0, 0.05) is 16.6 Å². The largest absolute Gasteiger partial charge is 0.497 e. The van der Waals surface area contributed by atoms with E-state index in [1.165, 1.54) is 25.6 Å². The second-order valence-electron chi connectivity index (χ2n) is 7.03. The minimum Gasteiger partial charge on any atom is -0.497 e. The van der Waals surface area contributed by atoms with Gasteiger partial charge in [-0.3, -0.25) is 14.2 Å². The summed E-state index contributed by atoms with van der Waals surface area (Å²) < 4.78 is 11.2. The number of amides is 1. The molecule has 0 aliphatic carbocycles. The number of rotatable bonds is 5. The zero-order valence-electron chi connectivity index (χ0n) is 18.0. The monoisotopic (exact) mass is 494 g/mol. The summed E-state index contributed by atoms with van der Waals surface area (Å²) in [6.07, 6.45) is 1.04. The first-order valence-electron chi connectivity index (χ1n) is 9.84. The molecule has 0 fully saturated rings. The van der Waals surface area contributed by atoms with Crippen molar-refractivity contribution in [2.45, 2.75) is 5.92 Å². The fraction of sp³-hybridized carbons (Fsp3) is 0.130. The molecule has 1 aliphatic heterocycles. The number of nitrogens with one attached hydrogen (secondary N) is 1. The van der Waals surface area contributed by atoms with Crippen LogP contribution in [0.25, 0.3) is 17.5 Å². The smallest absolute Gasteiger partial charge is 0.332 e. The number of nitrogens with two attached hydrogens (primary N) is 1.